The van der Waals surface area contributed by atoms with E-state index in [4.69, 9.17) is 9.47 Å². The molecule has 0 bridgehead atoms. The molecule has 1 N–H and O–H groups in total. The monoisotopic (exact) mass is 492 g/mol. The molecule has 8 nitrogen and oxygen atoms in total. The Kier molecular flexibility index (Phi) is 6.97. The van der Waals surface area contributed by atoms with Crippen molar-refractivity contribution < 1.29 is 29.0 Å². The van der Waals surface area contributed by atoms with Gasteiger partial charge >= 0.3 is 11.9 Å². The van der Waals surface area contributed by atoms with Crippen molar-refractivity contribution in [2.45, 2.75) is 26.8 Å². The Balaban J connectivity index is 1.91. The summed E-state index contributed by atoms with van der Waals surface area (Å²) in [6, 6.07) is 14.6. The third-order valence-corrected chi connectivity index (χ3v) is 6.57. The van der Waals surface area contributed by atoms with Crippen LogP contribution in [0.2, 0.25) is 0 Å². The van der Waals surface area contributed by atoms with Crippen molar-refractivity contribution in [3.8, 4) is 5.75 Å². The number of aryl methyl sites for hydroxylation is 1. The Morgan fingerprint density at radius 1 is 1.09 bits per heavy atom. The van der Waals surface area contributed by atoms with Crippen LogP contribution in [-0.4, -0.2) is 41.0 Å². The second kappa shape index (κ2) is 10.1. The number of esters is 1. The quantitative estimate of drug-likeness (QED) is 0.221. The van der Waals surface area contributed by atoms with Gasteiger partial charge in [0.1, 0.15) is 16.4 Å². The van der Waals surface area contributed by atoms with Gasteiger partial charge in [0.25, 0.3) is 5.78 Å². The van der Waals surface area contributed by atoms with Crippen molar-refractivity contribution in [1.82, 2.24) is 4.98 Å². The van der Waals surface area contributed by atoms with Gasteiger partial charge in [-0.25, -0.2) is 9.78 Å². The number of ether oxygens (including phenoxy) is 2. The molecular formula is C26H24N2O6S. The third-order valence-electron chi connectivity index (χ3n) is 5.43. The summed E-state index contributed by atoms with van der Waals surface area (Å²) in [5.41, 5.74) is 1.27. The normalized spacial score (nSPS) is 17.0. The van der Waals surface area contributed by atoms with Crippen molar-refractivity contribution >= 4 is 39.9 Å². The van der Waals surface area contributed by atoms with Crippen LogP contribution in [0, 0.1) is 6.92 Å². The highest BCUT2D eigenvalue weighted by Gasteiger charge is 2.48. The lowest BCUT2D eigenvalue weighted by atomic mass is 9.95. The first-order valence-corrected chi connectivity index (χ1v) is 11.9. The minimum Gasteiger partial charge on any atom is -0.507 e. The average Bonchev–Trinajstić information content (AvgIpc) is 3.36. The van der Waals surface area contributed by atoms with Crippen molar-refractivity contribution in [2.75, 3.05) is 18.1 Å². The van der Waals surface area contributed by atoms with Gasteiger partial charge < -0.3 is 14.6 Å². The molecule has 2 aromatic carbocycles. The lowest BCUT2D eigenvalue weighted by molar-refractivity contribution is -0.132. The molecule has 1 fully saturated rings. The van der Waals surface area contributed by atoms with E-state index in [-0.39, 0.29) is 27.9 Å². The molecule has 1 aliphatic rings. The fourth-order valence-electron chi connectivity index (χ4n) is 3.91. The van der Waals surface area contributed by atoms with Gasteiger partial charge in [0.2, 0.25) is 0 Å². The van der Waals surface area contributed by atoms with E-state index in [9.17, 15) is 19.5 Å². The molecule has 0 radical (unpaired) electrons. The number of rotatable bonds is 7. The molecule has 3 aromatic rings. The number of Topliss-reactive ketones (excluding diaryl/α,β-unsaturated/α-hetero) is 1. The van der Waals surface area contributed by atoms with Crippen LogP contribution >= 0.6 is 11.3 Å². The first-order chi connectivity index (χ1) is 16.9. The van der Waals surface area contributed by atoms with E-state index in [1.54, 1.807) is 68.4 Å². The summed E-state index contributed by atoms with van der Waals surface area (Å²) >= 11 is 0.965. The number of carbonyl (C=O) groups excluding carboxylic acids is 3. The molecule has 1 amide bonds. The van der Waals surface area contributed by atoms with Gasteiger partial charge in [-0.15, -0.1) is 0 Å². The van der Waals surface area contributed by atoms with E-state index in [2.05, 4.69) is 4.98 Å². The number of aliphatic hydroxyl groups excluding tert-OH is 1. The second-order valence-electron chi connectivity index (χ2n) is 7.67. The topological polar surface area (TPSA) is 106 Å². The fourth-order valence-corrected chi connectivity index (χ4v) is 4.90. The lowest BCUT2D eigenvalue weighted by Gasteiger charge is -2.23. The number of aromatic nitrogens is 1. The van der Waals surface area contributed by atoms with Gasteiger partial charge in [-0.3, -0.25) is 14.5 Å². The van der Waals surface area contributed by atoms with Gasteiger partial charge in [0.05, 0.1) is 30.5 Å². The Labute approximate surface area is 206 Å². The molecular weight excluding hydrogens is 468 g/mol. The van der Waals surface area contributed by atoms with Crippen molar-refractivity contribution in [3.05, 3.63) is 81.9 Å². The first-order valence-electron chi connectivity index (χ1n) is 11.1. The zero-order valence-electron chi connectivity index (χ0n) is 19.5. The van der Waals surface area contributed by atoms with Crippen molar-refractivity contribution in [1.29, 1.82) is 0 Å². The predicted molar refractivity (Wildman–Crippen MR) is 132 cm³/mol. The number of anilines is 1. The second-order valence-corrected chi connectivity index (χ2v) is 8.65. The number of carbonyl (C=O) groups is 3. The Hall–Kier alpha value is -3.98. The Morgan fingerprint density at radius 3 is 2.51 bits per heavy atom. The van der Waals surface area contributed by atoms with E-state index in [1.807, 2.05) is 6.92 Å². The number of aliphatic hydroxyl groups is 1. The SMILES string of the molecule is CCOC(=O)c1sc(N2C(=O)C(=O)/C(=C(/O)c3ccccc3)C2c2cccc(OCC)c2)nc1C. The molecule has 1 aromatic heterocycles. The highest BCUT2D eigenvalue weighted by molar-refractivity contribution is 7.17. The molecule has 2 heterocycles. The van der Waals surface area contributed by atoms with Crippen LogP contribution in [0.1, 0.15) is 46.4 Å². The minimum atomic E-state index is -0.976. The summed E-state index contributed by atoms with van der Waals surface area (Å²) < 4.78 is 10.7. The summed E-state index contributed by atoms with van der Waals surface area (Å²) in [5, 5.41) is 11.3. The third kappa shape index (κ3) is 4.54. The molecule has 0 aliphatic carbocycles. The van der Waals surface area contributed by atoms with E-state index < -0.39 is 23.7 Å². The number of hydrogen-bond donors (Lipinski definition) is 1. The summed E-state index contributed by atoms with van der Waals surface area (Å²) in [5.74, 6) is -1.98. The standard InChI is InChI=1S/C26H24N2O6S/c1-4-33-18-13-9-12-17(14-18)20-19(21(29)16-10-7-6-8-11-16)22(30)24(31)28(20)26-27-15(3)23(35-26)25(32)34-5-2/h6-14,20,29H,4-5H2,1-3H3/b21-19+. The van der Waals surface area contributed by atoms with E-state index >= 15 is 0 Å². The zero-order chi connectivity index (χ0) is 25.1. The summed E-state index contributed by atoms with van der Waals surface area (Å²) in [4.78, 5) is 44.8. The van der Waals surface area contributed by atoms with E-state index in [0.717, 1.165) is 11.3 Å². The van der Waals surface area contributed by atoms with Crippen molar-refractivity contribution in [2.24, 2.45) is 0 Å². The smallest absolute Gasteiger partial charge is 0.350 e. The fraction of sp³-hybridized carbons (Fsp3) is 0.231. The molecule has 0 saturated carbocycles. The van der Waals surface area contributed by atoms with Crippen LogP contribution in [0.4, 0.5) is 5.13 Å². The van der Waals surface area contributed by atoms with Gasteiger partial charge in [-0.2, -0.15) is 0 Å². The van der Waals surface area contributed by atoms with Crippen molar-refractivity contribution in [3.63, 3.8) is 0 Å². The Morgan fingerprint density at radius 2 is 1.83 bits per heavy atom. The highest BCUT2D eigenvalue weighted by Crippen LogP contribution is 2.44. The van der Waals surface area contributed by atoms with E-state index in [0.29, 0.717) is 29.2 Å². The minimum absolute atomic E-state index is 0.0691. The average molecular weight is 493 g/mol. The number of benzene rings is 2. The van der Waals surface area contributed by atoms with Crippen LogP contribution in [0.5, 0.6) is 5.75 Å². The maximum absolute atomic E-state index is 13.3. The summed E-state index contributed by atoms with van der Waals surface area (Å²) in [6.07, 6.45) is 0. The zero-order valence-corrected chi connectivity index (χ0v) is 20.3. The lowest BCUT2D eigenvalue weighted by Crippen LogP contribution is -2.29. The Bertz CT molecular complexity index is 1310. The summed E-state index contributed by atoms with van der Waals surface area (Å²) in [6.45, 7) is 5.81. The number of thiazole rings is 1. The molecule has 1 atom stereocenters. The van der Waals surface area contributed by atoms with Gasteiger partial charge in [0, 0.05) is 5.56 Å². The van der Waals surface area contributed by atoms with Crippen LogP contribution in [0.15, 0.2) is 60.2 Å². The maximum atomic E-state index is 13.3. The van der Waals surface area contributed by atoms with Crippen LogP contribution in [0.3, 0.4) is 0 Å². The van der Waals surface area contributed by atoms with Crippen LogP contribution in [0.25, 0.3) is 5.76 Å². The molecule has 4 rings (SSSR count). The molecule has 9 heteroatoms. The highest BCUT2D eigenvalue weighted by atomic mass is 32.1. The first kappa shape index (κ1) is 24.2. The largest absolute Gasteiger partial charge is 0.507 e. The molecule has 1 unspecified atom stereocenters. The molecule has 1 aliphatic heterocycles. The molecule has 35 heavy (non-hydrogen) atoms. The molecule has 180 valence electrons. The van der Waals surface area contributed by atoms with Crippen LogP contribution in [-0.2, 0) is 14.3 Å². The van der Waals surface area contributed by atoms with Gasteiger partial charge in [-0.05, 0) is 38.5 Å². The van der Waals surface area contributed by atoms with E-state index in [1.165, 1.54) is 4.90 Å². The van der Waals surface area contributed by atoms with Gasteiger partial charge in [0.15, 0.2) is 5.13 Å². The van der Waals surface area contributed by atoms with Gasteiger partial charge in [-0.1, -0.05) is 53.8 Å². The van der Waals surface area contributed by atoms with Crippen LogP contribution < -0.4 is 9.64 Å². The number of hydrogen-bond acceptors (Lipinski definition) is 8. The number of amides is 1. The number of nitrogens with zero attached hydrogens (tertiary/aromatic N) is 2. The maximum Gasteiger partial charge on any atom is 0.350 e. The number of ketones is 1. The predicted octanol–water partition coefficient (Wildman–Crippen LogP) is 4.65. The molecule has 0 spiro atoms. The molecule has 1 saturated heterocycles. The summed E-state index contributed by atoms with van der Waals surface area (Å²) in [7, 11) is 0.